The van der Waals surface area contributed by atoms with Crippen LogP contribution in [0.3, 0.4) is 0 Å². The highest BCUT2D eigenvalue weighted by molar-refractivity contribution is 6.23. The van der Waals surface area contributed by atoms with Crippen LogP contribution in [0, 0.1) is 0 Å². The summed E-state index contributed by atoms with van der Waals surface area (Å²) < 4.78 is 10.7. The number of nitrogens with zero attached hydrogens (tertiary/aromatic N) is 2. The van der Waals surface area contributed by atoms with Gasteiger partial charge in [-0.05, 0) is 118 Å². The number of furan rings is 1. The lowest BCUT2D eigenvalue weighted by atomic mass is 9.91. The van der Waals surface area contributed by atoms with Crippen LogP contribution < -0.4 is 0 Å². The molecule has 228 valence electrons. The molecule has 11 rings (SSSR count). The van der Waals surface area contributed by atoms with Crippen molar-refractivity contribution >= 4 is 76.1 Å². The van der Waals surface area contributed by atoms with Crippen LogP contribution in [0.25, 0.3) is 98.6 Å². The van der Waals surface area contributed by atoms with Crippen LogP contribution in [0.2, 0.25) is 0 Å². The Morgan fingerprint density at radius 1 is 0.347 bits per heavy atom. The molecule has 11 aromatic rings. The Bertz CT molecular complexity index is 3090. The van der Waals surface area contributed by atoms with Crippen molar-refractivity contribution in [1.29, 1.82) is 0 Å². The molecule has 3 heteroatoms. The number of rotatable bonds is 3. The zero-order valence-corrected chi connectivity index (χ0v) is 26.5. The average Bonchev–Trinajstić information content (AvgIpc) is 3.85. The van der Waals surface area contributed by atoms with Gasteiger partial charge >= 0.3 is 0 Å². The molecule has 8 aromatic carbocycles. The Morgan fingerprint density at radius 3 is 1.67 bits per heavy atom. The van der Waals surface area contributed by atoms with Crippen LogP contribution in [-0.4, -0.2) is 9.13 Å². The first-order chi connectivity index (χ1) is 24.3. The quantitative estimate of drug-likeness (QED) is 0.179. The number of hydrogen-bond acceptors (Lipinski definition) is 1. The first-order valence-corrected chi connectivity index (χ1v) is 16.8. The second-order valence-corrected chi connectivity index (χ2v) is 13.0. The van der Waals surface area contributed by atoms with Gasteiger partial charge in [-0.2, -0.15) is 0 Å². The fourth-order valence-electron chi connectivity index (χ4n) is 8.16. The van der Waals surface area contributed by atoms with E-state index in [0.717, 1.165) is 22.3 Å². The van der Waals surface area contributed by atoms with Gasteiger partial charge in [0, 0.05) is 38.3 Å². The van der Waals surface area contributed by atoms with Crippen LogP contribution in [0.15, 0.2) is 174 Å². The van der Waals surface area contributed by atoms with Gasteiger partial charge in [0.15, 0.2) is 0 Å². The molecule has 0 aliphatic heterocycles. The minimum Gasteiger partial charge on any atom is -0.464 e. The lowest BCUT2D eigenvalue weighted by Gasteiger charge is -2.14. The Labute approximate surface area is 281 Å². The minimum absolute atomic E-state index is 0.902. The summed E-state index contributed by atoms with van der Waals surface area (Å²) >= 11 is 0. The molecule has 0 spiro atoms. The fraction of sp³-hybridized carbons (Fsp3) is 0. The van der Waals surface area contributed by atoms with Gasteiger partial charge in [-0.25, -0.2) is 0 Å². The van der Waals surface area contributed by atoms with Crippen LogP contribution >= 0.6 is 0 Å². The number of hydrogen-bond donors (Lipinski definition) is 0. The predicted octanol–water partition coefficient (Wildman–Crippen LogP) is 12.6. The van der Waals surface area contributed by atoms with Crippen LogP contribution in [0.1, 0.15) is 0 Å². The van der Waals surface area contributed by atoms with Gasteiger partial charge in [0.25, 0.3) is 0 Å². The van der Waals surface area contributed by atoms with Crippen LogP contribution in [0.5, 0.6) is 0 Å². The lowest BCUT2D eigenvalue weighted by Crippen LogP contribution is -1.94. The van der Waals surface area contributed by atoms with Gasteiger partial charge in [-0.3, -0.25) is 0 Å². The molecular formula is C46H28N2O. The first kappa shape index (κ1) is 26.5. The molecule has 3 nitrogen and oxygen atoms in total. The van der Waals surface area contributed by atoms with Gasteiger partial charge in [-0.1, -0.05) is 78.9 Å². The van der Waals surface area contributed by atoms with E-state index in [0.29, 0.717) is 0 Å². The number of fused-ring (bicyclic) bond motifs is 10. The first-order valence-electron chi connectivity index (χ1n) is 16.8. The molecule has 0 saturated heterocycles. The highest BCUT2D eigenvalue weighted by Crippen LogP contribution is 2.43. The summed E-state index contributed by atoms with van der Waals surface area (Å²) in [6.07, 6.45) is 1.79. The van der Waals surface area contributed by atoms with Crippen molar-refractivity contribution in [3.63, 3.8) is 0 Å². The summed E-state index contributed by atoms with van der Waals surface area (Å²) in [4.78, 5) is 0. The van der Waals surface area contributed by atoms with E-state index in [4.69, 9.17) is 4.42 Å². The Balaban J connectivity index is 1.27. The average molecular weight is 625 g/mol. The summed E-state index contributed by atoms with van der Waals surface area (Å²) in [6, 6.07) is 59.6. The molecule has 0 atom stereocenters. The van der Waals surface area contributed by atoms with Gasteiger partial charge in [0.2, 0.25) is 0 Å². The molecule has 49 heavy (non-hydrogen) atoms. The maximum atomic E-state index is 5.91. The van der Waals surface area contributed by atoms with Gasteiger partial charge in [0.05, 0.1) is 28.3 Å². The van der Waals surface area contributed by atoms with Gasteiger partial charge < -0.3 is 13.6 Å². The molecule has 0 aliphatic rings. The zero-order valence-electron chi connectivity index (χ0n) is 26.5. The van der Waals surface area contributed by atoms with Crippen LogP contribution in [-0.2, 0) is 0 Å². The maximum Gasteiger partial charge on any atom is 0.134 e. The van der Waals surface area contributed by atoms with E-state index in [2.05, 4.69) is 173 Å². The van der Waals surface area contributed by atoms with Crippen molar-refractivity contribution in [2.24, 2.45) is 0 Å². The molecule has 0 unspecified atom stereocenters. The topological polar surface area (TPSA) is 23.0 Å². The summed E-state index contributed by atoms with van der Waals surface area (Å²) in [5.74, 6) is 0. The second kappa shape index (κ2) is 9.96. The van der Waals surface area contributed by atoms with Crippen molar-refractivity contribution in [3.05, 3.63) is 170 Å². The number of benzene rings is 8. The summed E-state index contributed by atoms with van der Waals surface area (Å²) in [6.45, 7) is 0. The summed E-state index contributed by atoms with van der Waals surface area (Å²) in [5, 5.41) is 11.0. The third-order valence-corrected chi connectivity index (χ3v) is 10.3. The molecule has 3 aromatic heterocycles. The third kappa shape index (κ3) is 3.78. The predicted molar refractivity (Wildman–Crippen MR) is 205 cm³/mol. The number of para-hydroxylation sites is 4. The standard InChI is InChI=1S/C46H28N2O/c1-3-11-32(12-4-1)47-42-17-9-7-15-34(42)40-23-29(19-20-44(40)47)36-25-31-26-46-30(21-22-49-46)24-37(31)39-28-45-41(27-38(36)39)35-16-8-10-18-43(35)48(45)33-13-5-2-6-14-33/h1-28H. The Hall–Kier alpha value is -6.58. The molecule has 0 aliphatic carbocycles. The van der Waals surface area contributed by atoms with Crippen molar-refractivity contribution in [2.45, 2.75) is 0 Å². The van der Waals surface area contributed by atoms with E-state index in [1.54, 1.807) is 6.26 Å². The highest BCUT2D eigenvalue weighted by Gasteiger charge is 2.19. The normalized spacial score (nSPS) is 12.1. The SMILES string of the molecule is c1ccc(-n2c3ccccc3c3cc(-c4cc5cc6occc6cc5c5cc6c(cc45)c4ccccc4n6-c4ccccc4)ccc32)cc1. The molecule has 0 amide bonds. The van der Waals surface area contributed by atoms with Gasteiger partial charge in [0.1, 0.15) is 5.58 Å². The van der Waals surface area contributed by atoms with Crippen molar-refractivity contribution in [3.8, 4) is 22.5 Å². The molecule has 3 heterocycles. The van der Waals surface area contributed by atoms with E-state index >= 15 is 0 Å². The maximum absolute atomic E-state index is 5.91. The fourth-order valence-corrected chi connectivity index (χ4v) is 8.16. The van der Waals surface area contributed by atoms with Crippen molar-refractivity contribution in [2.75, 3.05) is 0 Å². The highest BCUT2D eigenvalue weighted by atomic mass is 16.3. The molecule has 0 fully saturated rings. The minimum atomic E-state index is 0.902. The van der Waals surface area contributed by atoms with E-state index in [9.17, 15) is 0 Å². The van der Waals surface area contributed by atoms with E-state index in [1.165, 1.54) is 76.3 Å². The molecule has 0 bridgehead atoms. The summed E-state index contributed by atoms with van der Waals surface area (Å²) in [5.41, 5.74) is 10.4. The van der Waals surface area contributed by atoms with Crippen LogP contribution in [0.4, 0.5) is 0 Å². The third-order valence-electron chi connectivity index (χ3n) is 10.3. The number of aromatic nitrogens is 2. The second-order valence-electron chi connectivity index (χ2n) is 13.0. The monoisotopic (exact) mass is 624 g/mol. The molecule has 0 saturated carbocycles. The lowest BCUT2D eigenvalue weighted by molar-refractivity contribution is 0.616. The van der Waals surface area contributed by atoms with Gasteiger partial charge in [-0.15, -0.1) is 0 Å². The van der Waals surface area contributed by atoms with E-state index in [-0.39, 0.29) is 0 Å². The van der Waals surface area contributed by atoms with E-state index in [1.807, 2.05) is 0 Å². The Kier molecular flexibility index (Phi) is 5.38. The van der Waals surface area contributed by atoms with Crippen molar-refractivity contribution in [1.82, 2.24) is 9.13 Å². The molecular weight excluding hydrogens is 597 g/mol. The molecule has 0 N–H and O–H groups in total. The molecule has 0 radical (unpaired) electrons. The smallest absolute Gasteiger partial charge is 0.134 e. The zero-order chi connectivity index (χ0) is 32.1. The van der Waals surface area contributed by atoms with Crippen molar-refractivity contribution < 1.29 is 4.42 Å². The van der Waals surface area contributed by atoms with E-state index < -0.39 is 0 Å². The largest absolute Gasteiger partial charge is 0.464 e. The summed E-state index contributed by atoms with van der Waals surface area (Å²) in [7, 11) is 0. The Morgan fingerprint density at radius 2 is 0.959 bits per heavy atom.